The van der Waals surface area contributed by atoms with Crippen LogP contribution in [0.1, 0.15) is 47.0 Å². The number of rotatable bonds is 6. The number of likely N-dealkylation sites (tertiary alicyclic amines) is 1. The van der Waals surface area contributed by atoms with Crippen molar-refractivity contribution in [2.45, 2.75) is 53.0 Å². The van der Waals surface area contributed by atoms with Crippen molar-refractivity contribution >= 4 is 5.97 Å². The molecule has 1 aliphatic heterocycles. The van der Waals surface area contributed by atoms with E-state index in [1.165, 1.54) is 12.8 Å². The summed E-state index contributed by atoms with van der Waals surface area (Å²) in [6, 6.07) is 0.212. The number of aliphatic carboxylic acids is 1. The van der Waals surface area contributed by atoms with Gasteiger partial charge in [-0.1, -0.05) is 27.7 Å². The Labute approximate surface area is 98.8 Å². The average molecular weight is 227 g/mol. The van der Waals surface area contributed by atoms with Gasteiger partial charge >= 0.3 is 5.97 Å². The Bertz CT molecular complexity index is 238. The topological polar surface area (TPSA) is 40.5 Å². The fourth-order valence-electron chi connectivity index (χ4n) is 2.71. The van der Waals surface area contributed by atoms with Crippen LogP contribution in [0, 0.1) is 11.3 Å². The summed E-state index contributed by atoms with van der Waals surface area (Å²) in [5.74, 6) is -0.257. The molecular weight excluding hydrogens is 202 g/mol. The van der Waals surface area contributed by atoms with Crippen LogP contribution in [0.25, 0.3) is 0 Å². The average Bonchev–Trinajstić information content (AvgIpc) is 2.15. The van der Waals surface area contributed by atoms with Crippen molar-refractivity contribution in [2.75, 3.05) is 13.1 Å². The van der Waals surface area contributed by atoms with Gasteiger partial charge in [-0.25, -0.2) is 0 Å². The Morgan fingerprint density at radius 1 is 1.31 bits per heavy atom. The van der Waals surface area contributed by atoms with E-state index in [2.05, 4.69) is 32.6 Å². The van der Waals surface area contributed by atoms with Gasteiger partial charge in [0, 0.05) is 19.1 Å². The minimum absolute atomic E-state index is 0.212. The molecule has 1 aliphatic rings. The Morgan fingerprint density at radius 3 is 2.12 bits per heavy atom. The number of carboxylic acid groups (broad SMARTS) is 1. The fraction of sp³-hybridized carbons (Fsp3) is 0.923. The van der Waals surface area contributed by atoms with Crippen molar-refractivity contribution < 1.29 is 9.90 Å². The quantitative estimate of drug-likeness (QED) is 0.758. The van der Waals surface area contributed by atoms with Crippen LogP contribution in [0.4, 0.5) is 0 Å². The monoisotopic (exact) mass is 227 g/mol. The molecule has 1 atom stereocenters. The molecule has 1 rings (SSSR count). The Kier molecular flexibility index (Phi) is 4.36. The van der Waals surface area contributed by atoms with E-state index < -0.39 is 5.97 Å². The molecule has 1 saturated heterocycles. The van der Waals surface area contributed by atoms with Crippen LogP contribution < -0.4 is 0 Å². The molecule has 0 radical (unpaired) electrons. The third-order valence-corrected chi connectivity index (χ3v) is 4.20. The van der Waals surface area contributed by atoms with Crippen LogP contribution in [0.5, 0.6) is 0 Å². The van der Waals surface area contributed by atoms with Gasteiger partial charge in [0.2, 0.25) is 0 Å². The standard InChI is InChI=1S/C13H25NO2/c1-5-13(6-2)8-14(9-13)11(10(3)4)7-12(15)16/h10-11H,5-9H2,1-4H3,(H,15,16). The minimum Gasteiger partial charge on any atom is -0.481 e. The molecule has 0 aliphatic carbocycles. The van der Waals surface area contributed by atoms with E-state index in [-0.39, 0.29) is 12.5 Å². The summed E-state index contributed by atoms with van der Waals surface area (Å²) < 4.78 is 0. The lowest BCUT2D eigenvalue weighted by Gasteiger charge is -2.54. The van der Waals surface area contributed by atoms with Crippen LogP contribution >= 0.6 is 0 Å². The van der Waals surface area contributed by atoms with Crippen molar-refractivity contribution in [3.8, 4) is 0 Å². The SMILES string of the molecule is CCC1(CC)CN(C(CC(=O)O)C(C)C)C1. The van der Waals surface area contributed by atoms with E-state index in [0.717, 1.165) is 13.1 Å². The molecule has 1 fully saturated rings. The molecule has 0 amide bonds. The molecule has 3 heteroatoms. The van der Waals surface area contributed by atoms with Crippen LogP contribution in [0.15, 0.2) is 0 Å². The second-order valence-corrected chi connectivity index (χ2v) is 5.52. The molecule has 0 spiro atoms. The van der Waals surface area contributed by atoms with Gasteiger partial charge in [-0.05, 0) is 24.2 Å². The van der Waals surface area contributed by atoms with Gasteiger partial charge in [-0.15, -0.1) is 0 Å². The highest BCUT2D eigenvalue weighted by molar-refractivity contribution is 5.67. The van der Waals surface area contributed by atoms with E-state index in [4.69, 9.17) is 5.11 Å². The van der Waals surface area contributed by atoms with Gasteiger partial charge in [0.15, 0.2) is 0 Å². The van der Waals surface area contributed by atoms with E-state index in [1.54, 1.807) is 0 Å². The van der Waals surface area contributed by atoms with E-state index in [9.17, 15) is 4.79 Å². The summed E-state index contributed by atoms with van der Waals surface area (Å²) in [5.41, 5.74) is 0.464. The maximum absolute atomic E-state index is 10.8. The van der Waals surface area contributed by atoms with E-state index >= 15 is 0 Å². The van der Waals surface area contributed by atoms with Gasteiger partial charge in [-0.3, -0.25) is 9.69 Å². The molecule has 0 aromatic carbocycles. The van der Waals surface area contributed by atoms with Crippen LogP contribution in [0.2, 0.25) is 0 Å². The number of nitrogens with zero attached hydrogens (tertiary/aromatic N) is 1. The third-order valence-electron chi connectivity index (χ3n) is 4.20. The molecule has 1 unspecified atom stereocenters. The molecule has 0 aromatic heterocycles. The molecule has 94 valence electrons. The Morgan fingerprint density at radius 2 is 1.81 bits per heavy atom. The first kappa shape index (κ1) is 13.5. The lowest BCUT2D eigenvalue weighted by Crippen LogP contribution is -2.60. The zero-order valence-corrected chi connectivity index (χ0v) is 11.0. The molecule has 1 heterocycles. The Balaban J connectivity index is 2.54. The Hall–Kier alpha value is -0.570. The highest BCUT2D eigenvalue weighted by Gasteiger charge is 2.43. The van der Waals surface area contributed by atoms with Crippen molar-refractivity contribution in [3.05, 3.63) is 0 Å². The summed E-state index contributed by atoms with van der Waals surface area (Å²) in [6.45, 7) is 10.9. The van der Waals surface area contributed by atoms with Crippen LogP contribution in [-0.4, -0.2) is 35.1 Å². The maximum Gasteiger partial charge on any atom is 0.304 e. The predicted octanol–water partition coefficient (Wildman–Crippen LogP) is 2.61. The van der Waals surface area contributed by atoms with Gasteiger partial charge < -0.3 is 5.11 Å². The zero-order chi connectivity index (χ0) is 12.3. The maximum atomic E-state index is 10.8. The van der Waals surface area contributed by atoms with Crippen LogP contribution in [0.3, 0.4) is 0 Å². The molecular formula is C13H25NO2. The highest BCUT2D eigenvalue weighted by atomic mass is 16.4. The van der Waals surface area contributed by atoms with Crippen LogP contribution in [-0.2, 0) is 4.79 Å². The minimum atomic E-state index is -0.677. The predicted molar refractivity (Wildman–Crippen MR) is 65.5 cm³/mol. The second-order valence-electron chi connectivity index (χ2n) is 5.52. The number of carbonyl (C=O) groups is 1. The molecule has 0 bridgehead atoms. The van der Waals surface area contributed by atoms with E-state index in [1.807, 2.05) is 0 Å². The summed E-state index contributed by atoms with van der Waals surface area (Å²) in [5, 5.41) is 8.92. The molecule has 0 saturated carbocycles. The molecule has 3 nitrogen and oxygen atoms in total. The van der Waals surface area contributed by atoms with Crippen molar-refractivity contribution in [2.24, 2.45) is 11.3 Å². The van der Waals surface area contributed by atoms with Gasteiger partial charge in [0.25, 0.3) is 0 Å². The smallest absolute Gasteiger partial charge is 0.304 e. The van der Waals surface area contributed by atoms with Gasteiger partial charge in [0.1, 0.15) is 0 Å². The number of carboxylic acids is 1. The lowest BCUT2D eigenvalue weighted by atomic mass is 9.73. The number of hydrogen-bond donors (Lipinski definition) is 1. The summed E-state index contributed by atoms with van der Waals surface area (Å²) >= 11 is 0. The third kappa shape index (κ3) is 2.76. The van der Waals surface area contributed by atoms with E-state index in [0.29, 0.717) is 11.3 Å². The normalized spacial score (nSPS) is 21.8. The molecule has 0 aromatic rings. The summed E-state index contributed by atoms with van der Waals surface area (Å²) in [4.78, 5) is 13.2. The van der Waals surface area contributed by atoms with Crippen molar-refractivity contribution in [1.29, 1.82) is 0 Å². The van der Waals surface area contributed by atoms with Gasteiger partial charge in [0.05, 0.1) is 6.42 Å². The lowest BCUT2D eigenvalue weighted by molar-refractivity contribution is -0.141. The van der Waals surface area contributed by atoms with Crippen molar-refractivity contribution in [3.63, 3.8) is 0 Å². The second kappa shape index (κ2) is 5.17. The first-order valence-electron chi connectivity index (χ1n) is 6.40. The largest absolute Gasteiger partial charge is 0.481 e. The number of hydrogen-bond acceptors (Lipinski definition) is 2. The highest BCUT2D eigenvalue weighted by Crippen LogP contribution is 2.39. The zero-order valence-electron chi connectivity index (χ0n) is 11.0. The molecule has 16 heavy (non-hydrogen) atoms. The first-order chi connectivity index (χ1) is 7.44. The summed E-state index contributed by atoms with van der Waals surface area (Å²) in [7, 11) is 0. The fourth-order valence-corrected chi connectivity index (χ4v) is 2.71. The van der Waals surface area contributed by atoms with Gasteiger partial charge in [-0.2, -0.15) is 0 Å². The first-order valence-corrected chi connectivity index (χ1v) is 6.40. The summed E-state index contributed by atoms with van der Waals surface area (Å²) in [6.07, 6.45) is 2.69. The van der Waals surface area contributed by atoms with Crippen molar-refractivity contribution in [1.82, 2.24) is 4.90 Å². The molecule has 1 N–H and O–H groups in total.